The van der Waals surface area contributed by atoms with Gasteiger partial charge in [0.25, 0.3) is 0 Å². The maximum Gasteiger partial charge on any atom is 0.312 e. The van der Waals surface area contributed by atoms with Crippen molar-refractivity contribution in [2.75, 3.05) is 13.1 Å². The van der Waals surface area contributed by atoms with Gasteiger partial charge in [-0.3, -0.25) is 9.69 Å². The molecule has 2 atom stereocenters. The molecule has 3 rings (SSSR count). The Morgan fingerprint density at radius 1 is 1.38 bits per heavy atom. The van der Waals surface area contributed by atoms with Gasteiger partial charge in [-0.1, -0.05) is 30.3 Å². The van der Waals surface area contributed by atoms with Gasteiger partial charge in [-0.2, -0.15) is 0 Å². The average molecular weight is 217 g/mol. The van der Waals surface area contributed by atoms with Crippen LogP contribution in [0.2, 0.25) is 0 Å². The first-order valence-electron chi connectivity index (χ1n) is 5.79. The van der Waals surface area contributed by atoms with E-state index < -0.39 is 0 Å². The summed E-state index contributed by atoms with van der Waals surface area (Å²) in [6.07, 6.45) is 1.16. The smallest absolute Gasteiger partial charge is 0.312 e. The van der Waals surface area contributed by atoms with Crippen LogP contribution in [-0.4, -0.2) is 30.0 Å². The summed E-state index contributed by atoms with van der Waals surface area (Å²) in [5, 5.41) is 0. The van der Waals surface area contributed by atoms with E-state index in [4.69, 9.17) is 4.74 Å². The van der Waals surface area contributed by atoms with Crippen LogP contribution >= 0.6 is 0 Å². The molecule has 16 heavy (non-hydrogen) atoms. The summed E-state index contributed by atoms with van der Waals surface area (Å²) < 4.78 is 5.32. The molecule has 0 aliphatic carbocycles. The normalized spacial score (nSPS) is 27.5. The topological polar surface area (TPSA) is 29.5 Å². The number of hydrogen-bond donors (Lipinski definition) is 0. The molecule has 2 saturated heterocycles. The van der Waals surface area contributed by atoms with Crippen LogP contribution in [0.1, 0.15) is 12.0 Å². The van der Waals surface area contributed by atoms with Crippen molar-refractivity contribution >= 4 is 5.97 Å². The molecular weight excluding hydrogens is 202 g/mol. The zero-order chi connectivity index (χ0) is 11.0. The fraction of sp³-hybridized carbons (Fsp3) is 0.462. The quantitative estimate of drug-likeness (QED) is 0.717. The molecule has 0 saturated carbocycles. The molecule has 3 heteroatoms. The van der Waals surface area contributed by atoms with Gasteiger partial charge in [0.2, 0.25) is 0 Å². The van der Waals surface area contributed by atoms with Crippen LogP contribution in [0, 0.1) is 5.92 Å². The minimum atomic E-state index is -0.0233. The first-order valence-corrected chi connectivity index (χ1v) is 5.79. The number of carbonyl (C=O) groups excluding carboxylic acids is 1. The third-order valence-corrected chi connectivity index (χ3v) is 3.60. The lowest BCUT2D eigenvalue weighted by atomic mass is 9.79. The molecule has 1 aromatic carbocycles. The van der Waals surface area contributed by atoms with E-state index in [1.807, 2.05) is 30.3 Å². The minimum absolute atomic E-state index is 0.0233. The van der Waals surface area contributed by atoms with E-state index in [0.29, 0.717) is 12.6 Å². The number of fused-ring (bicyclic) bond motifs is 1. The SMILES string of the molecule is O=C(OCc1ccccc1)C1CN2CCC12. The number of hydrogen-bond acceptors (Lipinski definition) is 3. The molecule has 0 N–H and O–H groups in total. The van der Waals surface area contributed by atoms with E-state index in [0.717, 1.165) is 25.1 Å². The molecule has 0 bridgehead atoms. The fourth-order valence-corrected chi connectivity index (χ4v) is 2.45. The van der Waals surface area contributed by atoms with Crippen molar-refractivity contribution in [2.45, 2.75) is 19.1 Å². The van der Waals surface area contributed by atoms with E-state index >= 15 is 0 Å². The predicted molar refractivity (Wildman–Crippen MR) is 59.7 cm³/mol. The summed E-state index contributed by atoms with van der Waals surface area (Å²) in [5.41, 5.74) is 1.06. The molecule has 2 aliphatic heterocycles. The zero-order valence-corrected chi connectivity index (χ0v) is 9.13. The van der Waals surface area contributed by atoms with Gasteiger partial charge in [-0.25, -0.2) is 0 Å². The Morgan fingerprint density at radius 3 is 2.75 bits per heavy atom. The van der Waals surface area contributed by atoms with E-state index in [1.54, 1.807) is 0 Å². The lowest BCUT2D eigenvalue weighted by Gasteiger charge is -2.54. The lowest BCUT2D eigenvalue weighted by Crippen LogP contribution is -2.67. The molecule has 84 valence electrons. The zero-order valence-electron chi connectivity index (χ0n) is 9.13. The Balaban J connectivity index is 1.50. The third-order valence-electron chi connectivity index (χ3n) is 3.60. The van der Waals surface area contributed by atoms with Crippen LogP contribution in [0.3, 0.4) is 0 Å². The van der Waals surface area contributed by atoms with Crippen LogP contribution in [0.4, 0.5) is 0 Å². The molecule has 0 amide bonds. The van der Waals surface area contributed by atoms with E-state index in [2.05, 4.69) is 4.90 Å². The van der Waals surface area contributed by atoms with E-state index in [9.17, 15) is 4.79 Å². The maximum absolute atomic E-state index is 11.7. The first kappa shape index (κ1) is 9.85. The number of esters is 1. The Labute approximate surface area is 95.0 Å². The fourth-order valence-electron chi connectivity index (χ4n) is 2.45. The molecule has 2 unspecified atom stereocenters. The van der Waals surface area contributed by atoms with Crippen molar-refractivity contribution in [3.8, 4) is 0 Å². The van der Waals surface area contributed by atoms with Gasteiger partial charge in [0.15, 0.2) is 0 Å². The highest BCUT2D eigenvalue weighted by Gasteiger charge is 2.49. The Bertz CT molecular complexity index is 390. The van der Waals surface area contributed by atoms with Crippen molar-refractivity contribution < 1.29 is 9.53 Å². The van der Waals surface area contributed by atoms with Gasteiger partial charge in [0, 0.05) is 19.1 Å². The summed E-state index contributed by atoms with van der Waals surface area (Å²) in [4.78, 5) is 14.1. The van der Waals surface area contributed by atoms with Crippen LogP contribution in [-0.2, 0) is 16.1 Å². The summed E-state index contributed by atoms with van der Waals surface area (Å²) in [7, 11) is 0. The highest BCUT2D eigenvalue weighted by Crippen LogP contribution is 2.36. The number of benzene rings is 1. The monoisotopic (exact) mass is 217 g/mol. The lowest BCUT2D eigenvalue weighted by molar-refractivity contribution is -0.169. The molecule has 0 spiro atoms. The number of ether oxygens (including phenoxy) is 1. The van der Waals surface area contributed by atoms with Crippen molar-refractivity contribution in [3.05, 3.63) is 35.9 Å². The second-order valence-electron chi connectivity index (χ2n) is 4.55. The number of piperidine rings is 1. The van der Waals surface area contributed by atoms with Crippen LogP contribution in [0.15, 0.2) is 30.3 Å². The van der Waals surface area contributed by atoms with Crippen molar-refractivity contribution in [3.63, 3.8) is 0 Å². The Morgan fingerprint density at radius 2 is 2.19 bits per heavy atom. The highest BCUT2D eigenvalue weighted by molar-refractivity contribution is 5.75. The summed E-state index contributed by atoms with van der Waals surface area (Å²) in [5.74, 6) is 0.113. The van der Waals surface area contributed by atoms with Gasteiger partial charge in [-0.05, 0) is 12.0 Å². The van der Waals surface area contributed by atoms with Gasteiger partial charge < -0.3 is 4.74 Å². The van der Waals surface area contributed by atoms with Crippen LogP contribution in [0.5, 0.6) is 0 Å². The third kappa shape index (κ3) is 1.61. The largest absolute Gasteiger partial charge is 0.461 e. The first-order chi connectivity index (χ1) is 7.84. The molecule has 2 fully saturated rings. The minimum Gasteiger partial charge on any atom is -0.461 e. The van der Waals surface area contributed by atoms with Crippen molar-refractivity contribution in [1.82, 2.24) is 4.90 Å². The number of carbonyl (C=O) groups is 1. The van der Waals surface area contributed by atoms with E-state index in [-0.39, 0.29) is 11.9 Å². The maximum atomic E-state index is 11.7. The second-order valence-corrected chi connectivity index (χ2v) is 4.55. The standard InChI is InChI=1S/C13H15NO2/c15-13(11-8-14-7-6-12(11)14)16-9-10-4-2-1-3-5-10/h1-5,11-12H,6-9H2. The highest BCUT2D eigenvalue weighted by atomic mass is 16.5. The average Bonchev–Trinajstić information content (AvgIpc) is 2.31. The predicted octanol–water partition coefficient (Wildman–Crippen LogP) is 1.43. The van der Waals surface area contributed by atoms with Gasteiger partial charge in [0.05, 0.1) is 5.92 Å². The van der Waals surface area contributed by atoms with E-state index in [1.165, 1.54) is 0 Å². The van der Waals surface area contributed by atoms with Crippen molar-refractivity contribution in [2.24, 2.45) is 5.92 Å². The summed E-state index contributed by atoms with van der Waals surface area (Å²) >= 11 is 0. The Hall–Kier alpha value is -1.35. The second kappa shape index (κ2) is 3.91. The number of rotatable bonds is 3. The van der Waals surface area contributed by atoms with Gasteiger partial charge in [0.1, 0.15) is 6.61 Å². The molecule has 3 nitrogen and oxygen atoms in total. The van der Waals surface area contributed by atoms with Crippen molar-refractivity contribution in [1.29, 1.82) is 0 Å². The number of nitrogens with zero attached hydrogens (tertiary/aromatic N) is 1. The molecule has 1 aromatic rings. The van der Waals surface area contributed by atoms with Crippen LogP contribution < -0.4 is 0 Å². The Kier molecular flexibility index (Phi) is 2.40. The van der Waals surface area contributed by atoms with Gasteiger partial charge in [-0.15, -0.1) is 0 Å². The molecular formula is C13H15NO2. The molecule has 2 aliphatic rings. The summed E-state index contributed by atoms with van der Waals surface area (Å²) in [6.45, 7) is 2.47. The van der Waals surface area contributed by atoms with Crippen LogP contribution in [0.25, 0.3) is 0 Å². The van der Waals surface area contributed by atoms with Gasteiger partial charge >= 0.3 is 5.97 Å². The molecule has 2 heterocycles. The molecule has 0 aromatic heterocycles. The molecule has 0 radical (unpaired) electrons. The summed E-state index contributed by atoms with van der Waals surface area (Å²) in [6, 6.07) is 10.3.